The molecule has 0 saturated heterocycles. The second-order valence-corrected chi connectivity index (χ2v) is 4.63. The van der Waals surface area contributed by atoms with E-state index in [1.54, 1.807) is 30.3 Å². The van der Waals surface area contributed by atoms with Crippen molar-refractivity contribution in [3.8, 4) is 5.75 Å². The number of anilines is 2. The van der Waals surface area contributed by atoms with Crippen molar-refractivity contribution in [2.75, 3.05) is 18.2 Å². The average Bonchev–Trinajstić information content (AvgIpc) is 2.53. The van der Waals surface area contributed by atoms with Gasteiger partial charge in [-0.05, 0) is 29.8 Å². The molecule has 7 nitrogen and oxygen atoms in total. The Morgan fingerprint density at radius 1 is 1.30 bits per heavy atom. The highest BCUT2D eigenvalue weighted by Crippen LogP contribution is 2.22. The van der Waals surface area contributed by atoms with Crippen LogP contribution < -0.4 is 15.8 Å². The highest BCUT2D eigenvalue weighted by atomic mass is 16.6. The molecule has 2 aromatic carbocycles. The van der Waals surface area contributed by atoms with E-state index in [4.69, 9.17) is 10.5 Å². The van der Waals surface area contributed by atoms with Gasteiger partial charge in [0.25, 0.3) is 5.69 Å². The zero-order valence-electron chi connectivity index (χ0n) is 12.4. The predicted octanol–water partition coefficient (Wildman–Crippen LogP) is 2.84. The van der Waals surface area contributed by atoms with Crippen molar-refractivity contribution in [3.63, 3.8) is 0 Å². The summed E-state index contributed by atoms with van der Waals surface area (Å²) in [6, 6.07) is 10.9. The van der Waals surface area contributed by atoms with Gasteiger partial charge in [-0.25, -0.2) is 0 Å². The molecule has 1 amide bonds. The number of hydrogen-bond donors (Lipinski definition) is 2. The third-order valence-corrected chi connectivity index (χ3v) is 3.01. The third kappa shape index (κ3) is 4.31. The minimum atomic E-state index is -0.522. The molecule has 0 fully saturated rings. The molecule has 7 heteroatoms. The van der Waals surface area contributed by atoms with E-state index >= 15 is 0 Å². The number of rotatable bonds is 5. The van der Waals surface area contributed by atoms with Crippen LogP contribution >= 0.6 is 0 Å². The molecule has 0 atom stereocenters. The fraction of sp³-hybridized carbons (Fsp3) is 0.0625. The van der Waals surface area contributed by atoms with Crippen LogP contribution in [0, 0.1) is 10.1 Å². The summed E-state index contributed by atoms with van der Waals surface area (Å²) in [5.74, 6) is 0.156. The fourth-order valence-electron chi connectivity index (χ4n) is 1.91. The molecular formula is C16H15N3O4. The normalized spacial score (nSPS) is 10.5. The van der Waals surface area contributed by atoms with Gasteiger partial charge in [-0.2, -0.15) is 0 Å². The molecule has 0 radical (unpaired) electrons. The van der Waals surface area contributed by atoms with Crippen LogP contribution in [0.4, 0.5) is 17.1 Å². The van der Waals surface area contributed by atoms with Gasteiger partial charge in [0.1, 0.15) is 5.75 Å². The lowest BCUT2D eigenvalue weighted by Crippen LogP contribution is -2.07. The van der Waals surface area contributed by atoms with Crippen LogP contribution in [0.1, 0.15) is 5.56 Å². The van der Waals surface area contributed by atoms with Gasteiger partial charge in [0.2, 0.25) is 5.91 Å². The van der Waals surface area contributed by atoms with Gasteiger partial charge in [-0.3, -0.25) is 14.9 Å². The van der Waals surface area contributed by atoms with Crippen LogP contribution in [0.3, 0.4) is 0 Å². The zero-order valence-corrected chi connectivity index (χ0v) is 12.4. The number of nitrogens with two attached hydrogens (primary N) is 1. The number of amides is 1. The third-order valence-electron chi connectivity index (χ3n) is 3.01. The Labute approximate surface area is 132 Å². The minimum Gasteiger partial charge on any atom is -0.495 e. The van der Waals surface area contributed by atoms with Gasteiger partial charge in [-0.15, -0.1) is 0 Å². The monoisotopic (exact) mass is 313 g/mol. The number of benzene rings is 2. The Morgan fingerprint density at radius 3 is 2.74 bits per heavy atom. The number of nitrogens with one attached hydrogen (secondary N) is 1. The molecule has 23 heavy (non-hydrogen) atoms. The molecule has 3 N–H and O–H groups in total. The van der Waals surface area contributed by atoms with Crippen LogP contribution in [0.25, 0.3) is 6.08 Å². The first-order valence-corrected chi connectivity index (χ1v) is 6.66. The van der Waals surface area contributed by atoms with Gasteiger partial charge < -0.3 is 15.8 Å². The average molecular weight is 313 g/mol. The smallest absolute Gasteiger partial charge is 0.271 e. The summed E-state index contributed by atoms with van der Waals surface area (Å²) < 4.78 is 5.05. The maximum Gasteiger partial charge on any atom is 0.271 e. The molecular weight excluding hydrogens is 298 g/mol. The van der Waals surface area contributed by atoms with Gasteiger partial charge in [-0.1, -0.05) is 12.1 Å². The first-order chi connectivity index (χ1) is 11.0. The first-order valence-electron chi connectivity index (χ1n) is 6.66. The van der Waals surface area contributed by atoms with Crippen molar-refractivity contribution < 1.29 is 14.5 Å². The molecule has 2 rings (SSSR count). The Kier molecular flexibility index (Phi) is 4.93. The Morgan fingerprint density at radius 2 is 2.09 bits per heavy atom. The second kappa shape index (κ2) is 7.08. The van der Waals surface area contributed by atoms with Gasteiger partial charge in [0, 0.05) is 23.9 Å². The van der Waals surface area contributed by atoms with Crippen LogP contribution in [-0.2, 0) is 4.79 Å². The number of nitrogens with zero attached hydrogens (tertiary/aromatic N) is 1. The maximum atomic E-state index is 11.9. The summed E-state index contributed by atoms with van der Waals surface area (Å²) in [5.41, 5.74) is 7.25. The van der Waals surface area contributed by atoms with Crippen LogP contribution in [0.15, 0.2) is 48.5 Å². The van der Waals surface area contributed by atoms with Crippen molar-refractivity contribution in [2.24, 2.45) is 0 Å². The van der Waals surface area contributed by atoms with Crippen molar-refractivity contribution in [1.29, 1.82) is 0 Å². The number of nitro groups is 1. The maximum absolute atomic E-state index is 11.9. The minimum absolute atomic E-state index is 0.0882. The molecule has 0 aliphatic rings. The van der Waals surface area contributed by atoms with Gasteiger partial charge in [0.05, 0.1) is 17.7 Å². The zero-order chi connectivity index (χ0) is 16.8. The van der Waals surface area contributed by atoms with E-state index in [0.29, 0.717) is 17.1 Å². The number of non-ortho nitro benzene ring substituents is 1. The number of hydrogen-bond acceptors (Lipinski definition) is 5. The van der Waals surface area contributed by atoms with Crippen LogP contribution in [-0.4, -0.2) is 17.9 Å². The topological polar surface area (TPSA) is 107 Å². The predicted molar refractivity (Wildman–Crippen MR) is 88.2 cm³/mol. The van der Waals surface area contributed by atoms with Gasteiger partial charge >= 0.3 is 0 Å². The molecule has 118 valence electrons. The van der Waals surface area contributed by atoms with Crippen LogP contribution in [0.5, 0.6) is 5.75 Å². The first kappa shape index (κ1) is 16.0. The van der Waals surface area contributed by atoms with E-state index in [2.05, 4.69) is 5.32 Å². The lowest BCUT2D eigenvalue weighted by atomic mass is 10.1. The highest BCUT2D eigenvalue weighted by Gasteiger charge is 2.06. The number of carbonyl (C=O) groups is 1. The quantitative estimate of drug-likeness (QED) is 0.382. The number of methoxy groups -OCH3 is 1. The summed E-state index contributed by atoms with van der Waals surface area (Å²) in [7, 11) is 1.52. The molecule has 0 bridgehead atoms. The van der Waals surface area contributed by atoms with E-state index in [1.807, 2.05) is 0 Å². The van der Waals surface area contributed by atoms with Crippen molar-refractivity contribution in [3.05, 3.63) is 64.2 Å². The Balaban J connectivity index is 2.05. The Bertz CT molecular complexity index is 772. The number of nitrogen functional groups attached to an aromatic ring is 1. The standard InChI is InChI=1S/C16H15N3O4/c1-23-15-7-5-11(9-14(15)17)6-8-16(20)18-12-3-2-4-13(10-12)19(21)22/h2-10H,17H2,1H3,(H,18,20)/b8-6-. The summed E-state index contributed by atoms with van der Waals surface area (Å²) in [6.45, 7) is 0. The van der Waals surface area contributed by atoms with E-state index in [0.717, 1.165) is 5.56 Å². The molecule has 0 aliphatic heterocycles. The fourth-order valence-corrected chi connectivity index (χ4v) is 1.91. The van der Waals surface area contributed by atoms with Crippen molar-refractivity contribution in [2.45, 2.75) is 0 Å². The Hall–Kier alpha value is -3.35. The largest absolute Gasteiger partial charge is 0.495 e. The van der Waals surface area contributed by atoms with E-state index in [1.165, 1.54) is 31.4 Å². The van der Waals surface area contributed by atoms with E-state index in [9.17, 15) is 14.9 Å². The van der Waals surface area contributed by atoms with E-state index in [-0.39, 0.29) is 5.69 Å². The lowest BCUT2D eigenvalue weighted by Gasteiger charge is -2.04. The van der Waals surface area contributed by atoms with E-state index < -0.39 is 10.8 Å². The second-order valence-electron chi connectivity index (χ2n) is 4.63. The molecule has 2 aromatic rings. The van der Waals surface area contributed by atoms with Crippen molar-refractivity contribution in [1.82, 2.24) is 0 Å². The van der Waals surface area contributed by atoms with Gasteiger partial charge in [0.15, 0.2) is 0 Å². The number of ether oxygens (including phenoxy) is 1. The van der Waals surface area contributed by atoms with Crippen LogP contribution in [0.2, 0.25) is 0 Å². The molecule has 0 heterocycles. The summed E-state index contributed by atoms with van der Waals surface area (Å²) >= 11 is 0. The summed E-state index contributed by atoms with van der Waals surface area (Å²) in [5, 5.41) is 13.2. The molecule has 0 aromatic heterocycles. The molecule has 0 aliphatic carbocycles. The lowest BCUT2D eigenvalue weighted by molar-refractivity contribution is -0.384. The van der Waals surface area contributed by atoms with Crippen molar-refractivity contribution >= 4 is 29.0 Å². The number of carbonyl (C=O) groups excluding carboxylic acids is 1. The SMILES string of the molecule is COc1ccc(/C=C\C(=O)Nc2cccc([N+](=O)[O-])c2)cc1N. The molecule has 0 spiro atoms. The summed E-state index contributed by atoms with van der Waals surface area (Å²) in [6.07, 6.45) is 2.91. The molecule has 0 saturated carbocycles. The highest BCUT2D eigenvalue weighted by molar-refractivity contribution is 6.02. The molecule has 0 unspecified atom stereocenters. The number of nitro benzene ring substituents is 1. The summed E-state index contributed by atoms with van der Waals surface area (Å²) in [4.78, 5) is 22.0.